The van der Waals surface area contributed by atoms with Gasteiger partial charge in [0.1, 0.15) is 0 Å². The van der Waals surface area contributed by atoms with E-state index in [1.165, 1.54) is 0 Å². The molecule has 4 heteroatoms. The molecule has 0 aliphatic rings. The highest BCUT2D eigenvalue weighted by molar-refractivity contribution is 8.74. The fraction of sp³-hybridized carbons (Fsp3) is 1.00. The second-order valence-electron chi connectivity index (χ2n) is 3.81. The highest BCUT2D eigenvalue weighted by atomic mass is 33.1. The standard InChI is InChI=1S/C10H24N2S2/c1-7-11(8-2)13-14-12(9(3)4)10(5)6/h9-10H,7-8H2,1-6H3. The molecule has 0 aliphatic heterocycles. The Kier molecular flexibility index (Phi) is 8.20. The zero-order valence-corrected chi connectivity index (χ0v) is 11.9. The first kappa shape index (κ1) is 14.6. The van der Waals surface area contributed by atoms with E-state index >= 15 is 0 Å². The largest absolute Gasteiger partial charge is 0.241 e. The first-order valence-electron chi connectivity index (χ1n) is 5.40. The fourth-order valence-corrected chi connectivity index (χ4v) is 4.09. The van der Waals surface area contributed by atoms with Gasteiger partial charge in [0.25, 0.3) is 0 Å². The van der Waals surface area contributed by atoms with Gasteiger partial charge in [-0.15, -0.1) is 0 Å². The number of rotatable bonds is 7. The minimum absolute atomic E-state index is 0.600. The Labute approximate surface area is 97.5 Å². The Morgan fingerprint density at radius 3 is 1.57 bits per heavy atom. The summed E-state index contributed by atoms with van der Waals surface area (Å²) in [7, 11) is 3.73. The Morgan fingerprint density at radius 1 is 0.857 bits per heavy atom. The summed E-state index contributed by atoms with van der Waals surface area (Å²) in [6.07, 6.45) is 0. The average Bonchev–Trinajstić information content (AvgIpc) is 2.11. The van der Waals surface area contributed by atoms with Gasteiger partial charge in [0.2, 0.25) is 0 Å². The van der Waals surface area contributed by atoms with Crippen molar-refractivity contribution in [2.24, 2.45) is 0 Å². The minimum Gasteiger partial charge on any atom is -0.241 e. The molecule has 0 atom stereocenters. The van der Waals surface area contributed by atoms with Gasteiger partial charge in [0.05, 0.1) is 0 Å². The second kappa shape index (κ2) is 7.85. The molecule has 0 amide bonds. The zero-order valence-electron chi connectivity index (χ0n) is 10.3. The van der Waals surface area contributed by atoms with E-state index < -0.39 is 0 Å². The molecule has 0 heterocycles. The van der Waals surface area contributed by atoms with E-state index in [0.29, 0.717) is 12.1 Å². The SMILES string of the molecule is CCN(CC)SSN(C(C)C)C(C)C. The van der Waals surface area contributed by atoms with Crippen LogP contribution in [-0.4, -0.2) is 33.8 Å². The second-order valence-corrected chi connectivity index (χ2v) is 5.94. The Balaban J connectivity index is 3.92. The van der Waals surface area contributed by atoms with Gasteiger partial charge >= 0.3 is 0 Å². The lowest BCUT2D eigenvalue weighted by atomic mass is 10.3. The summed E-state index contributed by atoms with van der Waals surface area (Å²) < 4.78 is 4.80. The highest BCUT2D eigenvalue weighted by Crippen LogP contribution is 2.32. The van der Waals surface area contributed by atoms with Gasteiger partial charge in [-0.2, -0.15) is 0 Å². The number of hydrogen-bond donors (Lipinski definition) is 0. The summed E-state index contributed by atoms with van der Waals surface area (Å²) in [5, 5.41) is 0. The minimum atomic E-state index is 0.600. The third-order valence-corrected chi connectivity index (χ3v) is 5.11. The van der Waals surface area contributed by atoms with Crippen LogP contribution >= 0.6 is 22.0 Å². The molecule has 0 bridgehead atoms. The summed E-state index contributed by atoms with van der Waals surface area (Å²) >= 11 is 0. The summed E-state index contributed by atoms with van der Waals surface area (Å²) in [5.74, 6) is 0. The van der Waals surface area contributed by atoms with Crippen molar-refractivity contribution in [1.82, 2.24) is 8.61 Å². The maximum absolute atomic E-state index is 2.43. The van der Waals surface area contributed by atoms with Crippen molar-refractivity contribution in [1.29, 1.82) is 0 Å². The molecule has 0 aromatic rings. The third-order valence-electron chi connectivity index (χ3n) is 1.95. The van der Waals surface area contributed by atoms with Gasteiger partial charge < -0.3 is 0 Å². The van der Waals surface area contributed by atoms with Crippen molar-refractivity contribution >= 4 is 22.0 Å². The average molecular weight is 236 g/mol. The predicted octanol–water partition coefficient (Wildman–Crippen LogP) is 3.66. The van der Waals surface area contributed by atoms with Gasteiger partial charge in [-0.25, -0.2) is 8.61 Å². The van der Waals surface area contributed by atoms with Crippen LogP contribution in [0.4, 0.5) is 0 Å². The van der Waals surface area contributed by atoms with Gasteiger partial charge in [0.15, 0.2) is 0 Å². The lowest BCUT2D eigenvalue weighted by molar-refractivity contribution is 0.338. The monoisotopic (exact) mass is 236 g/mol. The molecule has 0 rings (SSSR count). The lowest BCUT2D eigenvalue weighted by Crippen LogP contribution is -2.30. The van der Waals surface area contributed by atoms with Crippen LogP contribution in [0.2, 0.25) is 0 Å². The Bertz CT molecular complexity index is 128. The van der Waals surface area contributed by atoms with Crippen molar-refractivity contribution < 1.29 is 0 Å². The molecule has 2 nitrogen and oxygen atoms in total. The molecule has 0 spiro atoms. The van der Waals surface area contributed by atoms with Crippen LogP contribution in [0, 0.1) is 0 Å². The zero-order chi connectivity index (χ0) is 11.1. The highest BCUT2D eigenvalue weighted by Gasteiger charge is 2.15. The molecule has 0 fully saturated rings. The molecule has 0 aromatic carbocycles. The first-order valence-corrected chi connectivity index (χ1v) is 7.47. The normalized spacial score (nSPS) is 12.4. The molecule has 0 N–H and O–H groups in total. The summed E-state index contributed by atoms with van der Waals surface area (Å²) in [6, 6.07) is 1.20. The van der Waals surface area contributed by atoms with E-state index in [9.17, 15) is 0 Å². The van der Waals surface area contributed by atoms with Crippen LogP contribution in [0.1, 0.15) is 41.5 Å². The number of hydrogen-bond acceptors (Lipinski definition) is 4. The van der Waals surface area contributed by atoms with Gasteiger partial charge in [-0.1, -0.05) is 13.8 Å². The summed E-state index contributed by atoms with van der Waals surface area (Å²) in [4.78, 5) is 0. The quantitative estimate of drug-likeness (QED) is 0.491. The third kappa shape index (κ3) is 5.49. The molecule has 0 saturated heterocycles. The topological polar surface area (TPSA) is 6.48 Å². The molecular weight excluding hydrogens is 212 g/mol. The van der Waals surface area contributed by atoms with E-state index in [1.807, 2.05) is 22.0 Å². The Morgan fingerprint density at radius 2 is 1.29 bits per heavy atom. The Hall–Kier alpha value is 0.620. The molecule has 0 aromatic heterocycles. The molecular formula is C10H24N2S2. The summed E-state index contributed by atoms with van der Waals surface area (Å²) in [5.41, 5.74) is 0. The maximum Gasteiger partial charge on any atom is 0.0157 e. The maximum atomic E-state index is 2.43. The van der Waals surface area contributed by atoms with Crippen LogP contribution < -0.4 is 0 Å². The molecule has 0 aliphatic carbocycles. The molecule has 0 saturated carbocycles. The van der Waals surface area contributed by atoms with Crippen LogP contribution in [0.5, 0.6) is 0 Å². The predicted molar refractivity (Wildman–Crippen MR) is 70.2 cm³/mol. The lowest BCUT2D eigenvalue weighted by Gasteiger charge is -2.30. The molecule has 14 heavy (non-hydrogen) atoms. The molecule has 0 radical (unpaired) electrons. The van der Waals surface area contributed by atoms with Crippen molar-refractivity contribution in [3.05, 3.63) is 0 Å². The van der Waals surface area contributed by atoms with E-state index in [1.54, 1.807) is 0 Å². The van der Waals surface area contributed by atoms with Gasteiger partial charge in [-0.05, 0) is 27.7 Å². The van der Waals surface area contributed by atoms with Gasteiger partial charge in [-0.3, -0.25) is 0 Å². The fourth-order valence-electron chi connectivity index (χ4n) is 1.18. The van der Waals surface area contributed by atoms with Crippen molar-refractivity contribution in [2.75, 3.05) is 13.1 Å². The van der Waals surface area contributed by atoms with Crippen LogP contribution in [0.3, 0.4) is 0 Å². The molecule has 86 valence electrons. The summed E-state index contributed by atoms with van der Waals surface area (Å²) in [6.45, 7) is 15.6. The van der Waals surface area contributed by atoms with Crippen LogP contribution in [-0.2, 0) is 0 Å². The smallest absolute Gasteiger partial charge is 0.0157 e. The van der Waals surface area contributed by atoms with E-state index in [0.717, 1.165) is 13.1 Å². The van der Waals surface area contributed by atoms with Crippen molar-refractivity contribution in [3.8, 4) is 0 Å². The van der Waals surface area contributed by atoms with Gasteiger partial charge in [0, 0.05) is 47.1 Å². The first-order chi connectivity index (χ1) is 6.52. The van der Waals surface area contributed by atoms with Crippen molar-refractivity contribution in [2.45, 2.75) is 53.6 Å². The number of nitrogens with zero attached hydrogens (tertiary/aromatic N) is 2. The van der Waals surface area contributed by atoms with E-state index in [2.05, 4.69) is 50.2 Å². The molecule has 0 unspecified atom stereocenters. The van der Waals surface area contributed by atoms with E-state index in [4.69, 9.17) is 0 Å². The van der Waals surface area contributed by atoms with Crippen LogP contribution in [0.15, 0.2) is 0 Å². The van der Waals surface area contributed by atoms with E-state index in [-0.39, 0.29) is 0 Å². The van der Waals surface area contributed by atoms with Crippen LogP contribution in [0.25, 0.3) is 0 Å². The van der Waals surface area contributed by atoms with Crippen molar-refractivity contribution in [3.63, 3.8) is 0 Å².